The van der Waals surface area contributed by atoms with Crippen LogP contribution in [0.25, 0.3) is 0 Å². The van der Waals surface area contributed by atoms with Crippen LogP contribution in [0, 0.1) is 0 Å². The van der Waals surface area contributed by atoms with E-state index in [2.05, 4.69) is 4.84 Å². The second-order valence-corrected chi connectivity index (χ2v) is 2.07. The molecule has 0 aromatic rings. The van der Waals surface area contributed by atoms with Crippen LogP contribution < -0.4 is 5.48 Å². The van der Waals surface area contributed by atoms with Gasteiger partial charge in [0.1, 0.15) is 6.10 Å². The van der Waals surface area contributed by atoms with Crippen molar-refractivity contribution in [2.75, 3.05) is 6.61 Å². The Hall–Kier alpha value is -0.580. The number of carbonyl (C=O) groups excluding carboxylic acids is 1. The Morgan fingerprint density at radius 1 is 1.91 bits per heavy atom. The zero-order valence-corrected chi connectivity index (χ0v) is 6.84. The van der Waals surface area contributed by atoms with Crippen LogP contribution in [0.5, 0.6) is 0 Å². The normalized spacial score (nSPS) is 13.4. The van der Waals surface area contributed by atoms with Crippen LogP contribution in [-0.4, -0.2) is 23.7 Å². The van der Waals surface area contributed by atoms with Crippen molar-refractivity contribution in [3.05, 3.63) is 11.6 Å². The zero-order chi connectivity index (χ0) is 8.69. The van der Waals surface area contributed by atoms with Crippen LogP contribution in [-0.2, 0) is 9.63 Å². The molecule has 0 aliphatic carbocycles. The summed E-state index contributed by atoms with van der Waals surface area (Å²) < 4.78 is 0. The van der Waals surface area contributed by atoms with E-state index in [0.29, 0.717) is 0 Å². The van der Waals surface area contributed by atoms with E-state index in [4.69, 9.17) is 16.7 Å². The largest absolute Gasteiger partial charge is 0.383 e. The van der Waals surface area contributed by atoms with Crippen LogP contribution in [0.3, 0.4) is 0 Å². The summed E-state index contributed by atoms with van der Waals surface area (Å²) in [6, 6.07) is 0. The Morgan fingerprint density at radius 2 is 2.55 bits per heavy atom. The van der Waals surface area contributed by atoms with Gasteiger partial charge in [-0.1, -0.05) is 11.6 Å². The summed E-state index contributed by atoms with van der Waals surface area (Å²) in [5, 5.41) is 8.64. The van der Waals surface area contributed by atoms with Crippen molar-refractivity contribution in [2.45, 2.75) is 13.0 Å². The molecule has 0 aromatic heterocycles. The highest BCUT2D eigenvalue weighted by molar-refractivity contribution is 6.25. The predicted molar refractivity (Wildman–Crippen MR) is 40.8 cm³/mol. The first-order chi connectivity index (χ1) is 5.18. The SMILES string of the molecule is CC(O)C(=O)NOC/C=C/Cl. The number of hydrogen-bond donors (Lipinski definition) is 2. The minimum Gasteiger partial charge on any atom is -0.383 e. The Balaban J connectivity index is 3.32. The molecule has 0 aliphatic heterocycles. The lowest BCUT2D eigenvalue weighted by molar-refractivity contribution is -0.140. The van der Waals surface area contributed by atoms with Crippen LogP contribution in [0.15, 0.2) is 11.6 Å². The van der Waals surface area contributed by atoms with Gasteiger partial charge in [0.25, 0.3) is 5.91 Å². The Morgan fingerprint density at radius 3 is 3.00 bits per heavy atom. The van der Waals surface area contributed by atoms with Gasteiger partial charge in [0.2, 0.25) is 0 Å². The first-order valence-corrected chi connectivity index (χ1v) is 3.47. The third kappa shape index (κ3) is 5.84. The average molecular weight is 180 g/mol. The molecule has 0 aromatic carbocycles. The van der Waals surface area contributed by atoms with Crippen molar-refractivity contribution in [1.29, 1.82) is 0 Å². The summed E-state index contributed by atoms with van der Waals surface area (Å²) in [6.45, 7) is 1.53. The number of nitrogens with one attached hydrogen (secondary N) is 1. The summed E-state index contributed by atoms with van der Waals surface area (Å²) in [5.74, 6) is -0.576. The summed E-state index contributed by atoms with van der Waals surface area (Å²) >= 11 is 5.16. The van der Waals surface area contributed by atoms with Crippen molar-refractivity contribution in [3.63, 3.8) is 0 Å². The fourth-order valence-electron chi connectivity index (χ4n) is 0.283. The number of aliphatic hydroxyl groups excluding tert-OH is 1. The van der Waals surface area contributed by atoms with Crippen molar-refractivity contribution in [3.8, 4) is 0 Å². The van der Waals surface area contributed by atoms with E-state index in [0.717, 1.165) is 0 Å². The molecule has 0 fully saturated rings. The van der Waals surface area contributed by atoms with Crippen molar-refractivity contribution < 1.29 is 14.7 Å². The van der Waals surface area contributed by atoms with E-state index in [1.165, 1.54) is 18.5 Å². The number of amides is 1. The monoisotopic (exact) mass is 179 g/mol. The highest BCUT2D eigenvalue weighted by Crippen LogP contribution is 1.81. The second kappa shape index (κ2) is 6.15. The molecule has 1 unspecified atom stereocenters. The smallest absolute Gasteiger partial charge is 0.272 e. The highest BCUT2D eigenvalue weighted by atomic mass is 35.5. The van der Waals surface area contributed by atoms with Gasteiger partial charge in [0, 0.05) is 5.54 Å². The molecule has 0 saturated carbocycles. The fraction of sp³-hybridized carbons (Fsp3) is 0.500. The summed E-state index contributed by atoms with van der Waals surface area (Å²) in [4.78, 5) is 15.1. The van der Waals surface area contributed by atoms with Gasteiger partial charge in [-0.05, 0) is 13.0 Å². The molecular weight excluding hydrogens is 170 g/mol. The van der Waals surface area contributed by atoms with Gasteiger partial charge in [-0.25, -0.2) is 5.48 Å². The lowest BCUT2D eigenvalue weighted by Crippen LogP contribution is -2.32. The molecule has 0 aliphatic rings. The maximum absolute atomic E-state index is 10.6. The molecule has 11 heavy (non-hydrogen) atoms. The fourth-order valence-corrected chi connectivity index (χ4v) is 0.355. The molecule has 0 spiro atoms. The Bertz CT molecular complexity index is 147. The van der Waals surface area contributed by atoms with Gasteiger partial charge in [0.05, 0.1) is 6.61 Å². The summed E-state index contributed by atoms with van der Waals surface area (Å²) in [6.07, 6.45) is 0.444. The molecule has 0 saturated heterocycles. The number of carbonyl (C=O) groups is 1. The van der Waals surface area contributed by atoms with E-state index in [1.54, 1.807) is 0 Å². The quantitative estimate of drug-likeness (QED) is 0.478. The van der Waals surface area contributed by atoms with Gasteiger partial charge in [-0.2, -0.15) is 0 Å². The molecule has 0 rings (SSSR count). The molecule has 1 amide bonds. The van der Waals surface area contributed by atoms with E-state index in [1.807, 2.05) is 5.48 Å². The van der Waals surface area contributed by atoms with Crippen molar-refractivity contribution >= 4 is 17.5 Å². The lowest BCUT2D eigenvalue weighted by atomic mass is 10.4. The molecule has 4 nitrogen and oxygen atoms in total. The predicted octanol–water partition coefficient (Wildman–Crippen LogP) is 0.167. The van der Waals surface area contributed by atoms with Crippen molar-refractivity contribution in [1.82, 2.24) is 5.48 Å². The Labute approximate surface area is 69.8 Å². The maximum Gasteiger partial charge on any atom is 0.272 e. The minimum absolute atomic E-state index is 0.183. The third-order valence-electron chi connectivity index (χ3n) is 0.821. The van der Waals surface area contributed by atoms with E-state index < -0.39 is 12.0 Å². The molecule has 5 heteroatoms. The average Bonchev–Trinajstić information content (AvgIpc) is 1.97. The molecule has 0 heterocycles. The topological polar surface area (TPSA) is 58.6 Å². The van der Waals surface area contributed by atoms with Gasteiger partial charge < -0.3 is 5.11 Å². The van der Waals surface area contributed by atoms with Gasteiger partial charge in [-0.15, -0.1) is 0 Å². The number of aliphatic hydroxyl groups is 1. The molecular formula is C6H10ClNO3. The van der Waals surface area contributed by atoms with Crippen molar-refractivity contribution in [2.24, 2.45) is 0 Å². The standard InChI is InChI=1S/C6H10ClNO3/c1-5(9)6(10)8-11-4-2-3-7/h2-3,5,9H,4H2,1H3,(H,8,10)/b3-2+. The molecule has 0 radical (unpaired) electrons. The first kappa shape index (κ1) is 10.4. The number of hydroxylamine groups is 1. The van der Waals surface area contributed by atoms with E-state index in [9.17, 15) is 4.79 Å². The minimum atomic E-state index is -1.06. The molecule has 1 atom stereocenters. The number of halogens is 1. The van der Waals surface area contributed by atoms with Crippen LogP contribution in [0.1, 0.15) is 6.92 Å². The highest BCUT2D eigenvalue weighted by Gasteiger charge is 2.06. The molecule has 2 N–H and O–H groups in total. The maximum atomic E-state index is 10.6. The third-order valence-corrected chi connectivity index (χ3v) is 0.999. The molecule has 64 valence electrons. The van der Waals surface area contributed by atoms with Crippen LogP contribution in [0.4, 0.5) is 0 Å². The van der Waals surface area contributed by atoms with Gasteiger partial charge in [0.15, 0.2) is 0 Å². The van der Waals surface area contributed by atoms with Gasteiger partial charge in [-0.3, -0.25) is 9.63 Å². The number of rotatable bonds is 4. The van der Waals surface area contributed by atoms with E-state index >= 15 is 0 Å². The van der Waals surface area contributed by atoms with Crippen LogP contribution in [0.2, 0.25) is 0 Å². The van der Waals surface area contributed by atoms with E-state index in [-0.39, 0.29) is 6.61 Å². The first-order valence-electron chi connectivity index (χ1n) is 3.03. The number of hydrogen-bond acceptors (Lipinski definition) is 3. The molecule has 0 bridgehead atoms. The second-order valence-electron chi connectivity index (χ2n) is 1.81. The van der Waals surface area contributed by atoms with Gasteiger partial charge >= 0.3 is 0 Å². The zero-order valence-electron chi connectivity index (χ0n) is 6.08. The lowest BCUT2D eigenvalue weighted by Gasteiger charge is -2.04. The Kier molecular flexibility index (Phi) is 5.83. The van der Waals surface area contributed by atoms with Crippen LogP contribution >= 0.6 is 11.6 Å². The summed E-state index contributed by atoms with van der Waals surface area (Å²) in [7, 11) is 0. The summed E-state index contributed by atoms with van der Waals surface area (Å²) in [5.41, 5.74) is 3.29.